The van der Waals surface area contributed by atoms with Crippen LogP contribution in [-0.4, -0.2) is 69.9 Å². The number of aromatic nitrogens is 4. The van der Waals surface area contributed by atoms with E-state index in [1.54, 1.807) is 20.0 Å². The fraction of sp³-hybridized carbons (Fsp3) is 0.619. The molecule has 2 fully saturated rings. The van der Waals surface area contributed by atoms with Crippen LogP contribution in [0.15, 0.2) is 11.1 Å². The second-order valence-corrected chi connectivity index (χ2v) is 10.4. The molecule has 2 aliphatic heterocycles. The van der Waals surface area contributed by atoms with Gasteiger partial charge in [-0.1, -0.05) is 0 Å². The van der Waals surface area contributed by atoms with Crippen molar-refractivity contribution in [2.45, 2.75) is 63.7 Å². The van der Waals surface area contributed by atoms with Crippen LogP contribution in [0.2, 0.25) is 0 Å². The zero-order chi connectivity index (χ0) is 22.2. The highest BCUT2D eigenvalue weighted by Gasteiger charge is 2.35. The van der Waals surface area contributed by atoms with Crippen LogP contribution in [0.25, 0.3) is 0 Å². The van der Waals surface area contributed by atoms with Gasteiger partial charge in [0.25, 0.3) is 5.91 Å². The lowest BCUT2D eigenvalue weighted by molar-refractivity contribution is 0.0722. The first-order valence-corrected chi connectivity index (χ1v) is 12.4. The smallest absolute Gasteiger partial charge is 0.257 e. The molecule has 10 heteroatoms. The molecule has 2 aromatic rings. The number of carbonyl (C=O) groups is 1. The molecule has 0 radical (unpaired) electrons. The van der Waals surface area contributed by atoms with E-state index in [0.717, 1.165) is 45.2 Å². The maximum atomic E-state index is 13.2. The highest BCUT2D eigenvalue weighted by atomic mass is 32.2. The number of aromatic amines is 1. The third kappa shape index (κ3) is 4.23. The van der Waals surface area contributed by atoms with Crippen molar-refractivity contribution in [2.75, 3.05) is 26.2 Å². The van der Waals surface area contributed by atoms with Gasteiger partial charge in [-0.15, -0.1) is 0 Å². The highest BCUT2D eigenvalue weighted by molar-refractivity contribution is 7.89. The van der Waals surface area contributed by atoms with E-state index < -0.39 is 10.0 Å². The number of carbonyl (C=O) groups excluding carboxylic acids is 1. The maximum Gasteiger partial charge on any atom is 0.257 e. The predicted molar refractivity (Wildman–Crippen MR) is 115 cm³/mol. The predicted octanol–water partition coefficient (Wildman–Crippen LogP) is 2.32. The number of aryl methyl sites for hydroxylation is 3. The van der Waals surface area contributed by atoms with Gasteiger partial charge in [0.15, 0.2) is 0 Å². The number of amides is 1. The monoisotopic (exact) mass is 446 g/mol. The summed E-state index contributed by atoms with van der Waals surface area (Å²) in [7, 11) is -3.64. The zero-order valence-electron chi connectivity index (χ0n) is 18.4. The number of likely N-dealkylation sites (tertiary alicyclic amines) is 1. The van der Waals surface area contributed by atoms with Gasteiger partial charge in [0.05, 0.1) is 22.6 Å². The topological polar surface area (TPSA) is 112 Å². The summed E-state index contributed by atoms with van der Waals surface area (Å²) in [4.78, 5) is 24.1. The summed E-state index contributed by atoms with van der Waals surface area (Å²) in [5.74, 6) is 0.490. The summed E-state index contributed by atoms with van der Waals surface area (Å²) < 4.78 is 28.0. The van der Waals surface area contributed by atoms with Crippen LogP contribution in [0.5, 0.6) is 0 Å². The summed E-state index contributed by atoms with van der Waals surface area (Å²) in [6.07, 6.45) is 6.39. The third-order valence-corrected chi connectivity index (χ3v) is 8.41. The fourth-order valence-corrected chi connectivity index (χ4v) is 6.44. The molecule has 0 bridgehead atoms. The summed E-state index contributed by atoms with van der Waals surface area (Å²) in [6.45, 7) is 7.60. The normalized spacial score (nSPS) is 20.7. The summed E-state index contributed by atoms with van der Waals surface area (Å²) >= 11 is 0. The van der Waals surface area contributed by atoms with Gasteiger partial charge in [0.1, 0.15) is 10.7 Å². The Hall–Kier alpha value is -2.33. The van der Waals surface area contributed by atoms with Gasteiger partial charge in [-0.3, -0.25) is 9.89 Å². The molecule has 1 N–H and O–H groups in total. The van der Waals surface area contributed by atoms with Crippen molar-refractivity contribution in [2.24, 2.45) is 0 Å². The van der Waals surface area contributed by atoms with Crippen LogP contribution < -0.4 is 0 Å². The third-order valence-electron chi connectivity index (χ3n) is 6.28. The maximum absolute atomic E-state index is 13.2. The van der Waals surface area contributed by atoms with Gasteiger partial charge in [-0.05, 0) is 52.9 Å². The van der Waals surface area contributed by atoms with Crippen molar-refractivity contribution in [3.8, 4) is 0 Å². The first kappa shape index (κ1) is 21.9. The molecule has 2 aromatic heterocycles. The molecule has 1 atom stereocenters. The van der Waals surface area contributed by atoms with E-state index in [9.17, 15) is 13.2 Å². The molecule has 1 amide bonds. The molecule has 1 unspecified atom stereocenters. The van der Waals surface area contributed by atoms with Crippen LogP contribution in [0.1, 0.15) is 71.3 Å². The Kier molecular flexibility index (Phi) is 6.11. The van der Waals surface area contributed by atoms with Crippen molar-refractivity contribution < 1.29 is 13.2 Å². The Balaban J connectivity index is 1.53. The van der Waals surface area contributed by atoms with Gasteiger partial charge >= 0.3 is 0 Å². The second kappa shape index (κ2) is 8.66. The minimum Gasteiger partial charge on any atom is -0.339 e. The lowest BCUT2D eigenvalue weighted by Crippen LogP contribution is -2.40. The van der Waals surface area contributed by atoms with Crippen molar-refractivity contribution in [1.82, 2.24) is 29.4 Å². The quantitative estimate of drug-likeness (QED) is 0.771. The Labute approximate surface area is 183 Å². The first-order valence-electron chi connectivity index (χ1n) is 10.9. The minimum atomic E-state index is -3.64. The average Bonchev–Trinajstić information content (AvgIpc) is 3.12. The van der Waals surface area contributed by atoms with Crippen molar-refractivity contribution >= 4 is 15.9 Å². The largest absolute Gasteiger partial charge is 0.339 e. The lowest BCUT2D eigenvalue weighted by Gasteiger charge is -2.31. The Bertz CT molecular complexity index is 1060. The zero-order valence-corrected chi connectivity index (χ0v) is 19.2. The molecule has 2 aliphatic rings. The second-order valence-electron chi connectivity index (χ2n) is 8.55. The van der Waals surface area contributed by atoms with Crippen LogP contribution in [0, 0.1) is 20.8 Å². The number of hydrogen-bond acceptors (Lipinski definition) is 6. The lowest BCUT2D eigenvalue weighted by atomic mass is 9.98. The standard InChI is InChI=1S/C21H30N6O3S/c1-14-18(21(28)26-9-5-4-6-10-26)12-22-20(23-14)17-8-7-11-27(13-17)31(29,30)19-15(2)24-25-16(19)3/h12,17H,4-11,13H2,1-3H3,(H,24,25). The summed E-state index contributed by atoms with van der Waals surface area (Å²) in [6, 6.07) is 0. The van der Waals surface area contributed by atoms with Crippen LogP contribution in [0.4, 0.5) is 0 Å². The molecule has 0 spiro atoms. The van der Waals surface area contributed by atoms with Gasteiger partial charge in [0.2, 0.25) is 10.0 Å². The van der Waals surface area contributed by atoms with E-state index in [4.69, 9.17) is 0 Å². The molecular formula is C21H30N6O3S. The Morgan fingerprint density at radius 2 is 1.81 bits per heavy atom. The summed E-state index contributed by atoms with van der Waals surface area (Å²) in [5.41, 5.74) is 2.22. The molecule has 0 saturated carbocycles. The van der Waals surface area contributed by atoms with Gasteiger partial charge < -0.3 is 4.90 Å². The number of piperidine rings is 2. The Morgan fingerprint density at radius 3 is 2.45 bits per heavy atom. The number of rotatable bonds is 4. The molecule has 168 valence electrons. The molecule has 9 nitrogen and oxygen atoms in total. The number of sulfonamides is 1. The van der Waals surface area contributed by atoms with Crippen molar-refractivity contribution in [3.05, 3.63) is 34.7 Å². The van der Waals surface area contributed by atoms with Gasteiger partial charge in [-0.25, -0.2) is 18.4 Å². The van der Waals surface area contributed by atoms with Crippen LogP contribution in [0.3, 0.4) is 0 Å². The van der Waals surface area contributed by atoms with E-state index in [0.29, 0.717) is 41.6 Å². The van der Waals surface area contributed by atoms with E-state index >= 15 is 0 Å². The number of H-pyrrole nitrogens is 1. The minimum absolute atomic E-state index is 0.0116. The molecule has 4 heterocycles. The summed E-state index contributed by atoms with van der Waals surface area (Å²) in [5, 5.41) is 6.80. The molecule has 4 rings (SSSR count). The van der Waals surface area contributed by atoms with E-state index in [-0.39, 0.29) is 16.7 Å². The first-order chi connectivity index (χ1) is 14.8. The average molecular weight is 447 g/mol. The highest BCUT2D eigenvalue weighted by Crippen LogP contribution is 2.30. The molecule has 31 heavy (non-hydrogen) atoms. The Morgan fingerprint density at radius 1 is 1.06 bits per heavy atom. The SMILES string of the molecule is Cc1nc(C2CCCN(S(=O)(=O)c3c(C)n[nH]c3C)C2)ncc1C(=O)N1CCCCC1. The number of hydrogen-bond donors (Lipinski definition) is 1. The van der Waals surface area contributed by atoms with Gasteiger partial charge in [-0.2, -0.15) is 9.40 Å². The molecule has 2 saturated heterocycles. The van der Waals surface area contributed by atoms with E-state index in [1.165, 1.54) is 4.31 Å². The molecule has 0 aromatic carbocycles. The van der Waals surface area contributed by atoms with Crippen molar-refractivity contribution in [1.29, 1.82) is 0 Å². The fourth-order valence-electron chi connectivity index (χ4n) is 4.58. The number of nitrogens with one attached hydrogen (secondary N) is 1. The van der Waals surface area contributed by atoms with Crippen molar-refractivity contribution in [3.63, 3.8) is 0 Å². The van der Waals surface area contributed by atoms with Gasteiger partial charge in [0, 0.05) is 38.3 Å². The van der Waals surface area contributed by atoms with Crippen LogP contribution in [-0.2, 0) is 10.0 Å². The van der Waals surface area contributed by atoms with Crippen LogP contribution >= 0.6 is 0 Å². The molecular weight excluding hydrogens is 416 g/mol. The molecule has 0 aliphatic carbocycles. The van der Waals surface area contributed by atoms with E-state index in [1.807, 2.05) is 11.8 Å². The number of nitrogens with zero attached hydrogens (tertiary/aromatic N) is 5. The van der Waals surface area contributed by atoms with E-state index in [2.05, 4.69) is 20.2 Å².